The van der Waals surface area contributed by atoms with Crippen LogP contribution in [0.25, 0.3) is 0 Å². The molecule has 2 rings (SSSR count). The summed E-state index contributed by atoms with van der Waals surface area (Å²) < 4.78 is 25.8. The quantitative estimate of drug-likeness (QED) is 0.904. The van der Waals surface area contributed by atoms with Crippen LogP contribution in [0, 0.1) is 6.92 Å². The summed E-state index contributed by atoms with van der Waals surface area (Å²) in [5.74, 6) is 0. The van der Waals surface area contributed by atoms with Crippen molar-refractivity contribution in [1.29, 1.82) is 0 Å². The summed E-state index contributed by atoms with van der Waals surface area (Å²) in [4.78, 5) is 4.18. The van der Waals surface area contributed by atoms with Crippen LogP contribution in [-0.2, 0) is 10.0 Å². The Labute approximate surface area is 122 Å². The number of anilines is 1. The minimum atomic E-state index is -3.11. The third-order valence-corrected chi connectivity index (χ3v) is 5.67. The van der Waals surface area contributed by atoms with Gasteiger partial charge in [-0.05, 0) is 41.8 Å². The third kappa shape index (κ3) is 3.46. The van der Waals surface area contributed by atoms with Crippen molar-refractivity contribution in [2.45, 2.75) is 25.8 Å². The molecule has 5 nitrogen and oxygen atoms in total. The number of aromatic nitrogens is 1. The molecule has 1 fully saturated rings. The zero-order chi connectivity index (χ0) is 14.0. The van der Waals surface area contributed by atoms with Crippen LogP contribution in [0.1, 0.15) is 18.5 Å². The van der Waals surface area contributed by atoms with Gasteiger partial charge in [0.15, 0.2) is 0 Å². The number of hydrogen-bond donors (Lipinski definition) is 1. The van der Waals surface area contributed by atoms with E-state index in [4.69, 9.17) is 0 Å². The monoisotopic (exact) mass is 347 g/mol. The third-order valence-electron chi connectivity index (χ3n) is 3.34. The second-order valence-corrected chi connectivity index (χ2v) is 7.54. The molecule has 2 heterocycles. The van der Waals surface area contributed by atoms with E-state index in [0.29, 0.717) is 13.1 Å². The Kier molecular flexibility index (Phi) is 4.47. The number of nitrogens with zero attached hydrogens (tertiary/aromatic N) is 2. The van der Waals surface area contributed by atoms with Gasteiger partial charge in [-0.2, -0.15) is 4.31 Å². The average Bonchev–Trinajstić information content (AvgIpc) is 2.79. The maximum absolute atomic E-state index is 11.7. The molecule has 1 aromatic heterocycles. The number of hydrogen-bond acceptors (Lipinski definition) is 4. The molecule has 19 heavy (non-hydrogen) atoms. The summed E-state index contributed by atoms with van der Waals surface area (Å²) in [5.41, 5.74) is 1.87. The van der Waals surface area contributed by atoms with Crippen molar-refractivity contribution in [1.82, 2.24) is 9.29 Å². The standard InChI is InChI=1S/C12H18BrN3O2S/c1-9-12(13)11(5-6-14-9)15-8-10-4-3-7-16(10)19(2,17)18/h5-6,10H,3-4,7-8H2,1-2H3,(H,14,15)/t10-/m1/s1. The Bertz CT molecular complexity index is 562. The SMILES string of the molecule is Cc1nccc(NC[C@H]2CCCN2S(C)(=O)=O)c1Br. The molecule has 0 amide bonds. The molecular formula is C12H18BrN3O2S. The molecule has 7 heteroatoms. The highest BCUT2D eigenvalue weighted by atomic mass is 79.9. The lowest BCUT2D eigenvalue weighted by Crippen LogP contribution is -2.38. The molecule has 0 saturated carbocycles. The fraction of sp³-hybridized carbons (Fsp3) is 0.583. The first-order valence-electron chi connectivity index (χ1n) is 6.21. The van der Waals surface area contributed by atoms with Crippen LogP contribution in [0.3, 0.4) is 0 Å². The molecule has 0 bridgehead atoms. The van der Waals surface area contributed by atoms with Gasteiger partial charge in [0.2, 0.25) is 10.0 Å². The van der Waals surface area contributed by atoms with Gasteiger partial charge in [-0.1, -0.05) is 0 Å². The topological polar surface area (TPSA) is 62.3 Å². The Morgan fingerprint density at radius 2 is 2.32 bits per heavy atom. The Morgan fingerprint density at radius 1 is 1.58 bits per heavy atom. The van der Waals surface area contributed by atoms with Gasteiger partial charge in [0, 0.05) is 25.3 Å². The lowest BCUT2D eigenvalue weighted by atomic mass is 10.2. The summed E-state index contributed by atoms with van der Waals surface area (Å²) >= 11 is 3.49. The average molecular weight is 348 g/mol. The Balaban J connectivity index is 2.04. The molecular weight excluding hydrogens is 330 g/mol. The number of halogens is 1. The maximum Gasteiger partial charge on any atom is 0.211 e. The molecule has 0 unspecified atom stereocenters. The van der Waals surface area contributed by atoms with Gasteiger partial charge in [0.05, 0.1) is 22.1 Å². The normalized spacial score (nSPS) is 20.7. The van der Waals surface area contributed by atoms with Crippen molar-refractivity contribution >= 4 is 31.6 Å². The Hall–Kier alpha value is -0.660. The van der Waals surface area contributed by atoms with Crippen LogP contribution in [0.5, 0.6) is 0 Å². The van der Waals surface area contributed by atoms with Crippen molar-refractivity contribution in [3.8, 4) is 0 Å². The number of aryl methyl sites for hydroxylation is 1. The van der Waals surface area contributed by atoms with E-state index < -0.39 is 10.0 Å². The van der Waals surface area contributed by atoms with E-state index in [1.165, 1.54) is 6.26 Å². The summed E-state index contributed by atoms with van der Waals surface area (Å²) in [6.45, 7) is 3.17. The van der Waals surface area contributed by atoms with E-state index in [0.717, 1.165) is 28.7 Å². The number of rotatable bonds is 4. The van der Waals surface area contributed by atoms with Crippen LogP contribution >= 0.6 is 15.9 Å². The number of sulfonamides is 1. The predicted octanol–water partition coefficient (Wildman–Crippen LogP) is 1.99. The van der Waals surface area contributed by atoms with Gasteiger partial charge < -0.3 is 5.32 Å². The van der Waals surface area contributed by atoms with Crippen molar-refractivity contribution in [3.05, 3.63) is 22.4 Å². The molecule has 0 radical (unpaired) electrons. The summed E-state index contributed by atoms with van der Waals surface area (Å²) in [7, 11) is -3.11. The highest BCUT2D eigenvalue weighted by molar-refractivity contribution is 9.10. The fourth-order valence-electron chi connectivity index (χ4n) is 2.36. The molecule has 1 saturated heterocycles. The van der Waals surface area contributed by atoms with E-state index >= 15 is 0 Å². The minimum absolute atomic E-state index is 0.0374. The second kappa shape index (κ2) is 5.76. The summed E-state index contributed by atoms with van der Waals surface area (Å²) in [5, 5.41) is 3.30. The fourth-order valence-corrected chi connectivity index (χ4v) is 3.92. The highest BCUT2D eigenvalue weighted by Crippen LogP contribution is 2.26. The zero-order valence-electron chi connectivity index (χ0n) is 11.1. The van der Waals surface area contributed by atoms with Crippen LogP contribution in [0.15, 0.2) is 16.7 Å². The number of nitrogens with one attached hydrogen (secondary N) is 1. The van der Waals surface area contributed by atoms with Gasteiger partial charge in [0.1, 0.15) is 0 Å². The smallest absolute Gasteiger partial charge is 0.211 e. The summed E-state index contributed by atoms with van der Waals surface area (Å²) in [6.07, 6.45) is 4.85. The zero-order valence-corrected chi connectivity index (χ0v) is 13.5. The van der Waals surface area contributed by atoms with Gasteiger partial charge in [0.25, 0.3) is 0 Å². The van der Waals surface area contributed by atoms with E-state index in [-0.39, 0.29) is 6.04 Å². The molecule has 0 aromatic carbocycles. The molecule has 0 aliphatic carbocycles. The largest absolute Gasteiger partial charge is 0.382 e. The first kappa shape index (κ1) is 14.7. The van der Waals surface area contributed by atoms with Crippen molar-refractivity contribution in [2.75, 3.05) is 24.7 Å². The van der Waals surface area contributed by atoms with Crippen LogP contribution in [0.2, 0.25) is 0 Å². The molecule has 1 aromatic rings. The minimum Gasteiger partial charge on any atom is -0.382 e. The number of pyridine rings is 1. The van der Waals surface area contributed by atoms with E-state index in [9.17, 15) is 8.42 Å². The molecule has 1 aliphatic heterocycles. The van der Waals surface area contributed by atoms with E-state index in [1.807, 2.05) is 13.0 Å². The van der Waals surface area contributed by atoms with Crippen LogP contribution < -0.4 is 5.32 Å². The molecule has 1 aliphatic rings. The van der Waals surface area contributed by atoms with Crippen LogP contribution in [0.4, 0.5) is 5.69 Å². The Morgan fingerprint density at radius 3 is 3.00 bits per heavy atom. The van der Waals surface area contributed by atoms with Gasteiger partial charge in [-0.3, -0.25) is 4.98 Å². The first-order valence-corrected chi connectivity index (χ1v) is 8.85. The molecule has 1 atom stereocenters. The first-order chi connectivity index (χ1) is 8.89. The predicted molar refractivity (Wildman–Crippen MR) is 79.7 cm³/mol. The van der Waals surface area contributed by atoms with Gasteiger partial charge in [-0.25, -0.2) is 8.42 Å². The van der Waals surface area contributed by atoms with Crippen LogP contribution in [-0.4, -0.2) is 43.1 Å². The molecule has 0 spiro atoms. The van der Waals surface area contributed by atoms with Crippen molar-refractivity contribution in [2.24, 2.45) is 0 Å². The van der Waals surface area contributed by atoms with Crippen molar-refractivity contribution in [3.63, 3.8) is 0 Å². The second-order valence-electron chi connectivity index (χ2n) is 4.81. The molecule has 106 valence electrons. The maximum atomic E-state index is 11.7. The van der Waals surface area contributed by atoms with Crippen molar-refractivity contribution < 1.29 is 8.42 Å². The van der Waals surface area contributed by atoms with Gasteiger partial charge >= 0.3 is 0 Å². The van der Waals surface area contributed by atoms with E-state index in [2.05, 4.69) is 26.2 Å². The van der Waals surface area contributed by atoms with Gasteiger partial charge in [-0.15, -0.1) is 0 Å². The summed E-state index contributed by atoms with van der Waals surface area (Å²) in [6, 6.07) is 1.92. The lowest BCUT2D eigenvalue weighted by molar-refractivity contribution is 0.402. The highest BCUT2D eigenvalue weighted by Gasteiger charge is 2.31. The molecule has 1 N–H and O–H groups in total. The van der Waals surface area contributed by atoms with E-state index in [1.54, 1.807) is 10.5 Å². The lowest BCUT2D eigenvalue weighted by Gasteiger charge is -2.23.